The average molecular weight is 254 g/mol. The molecule has 0 saturated heterocycles. The van der Waals surface area contributed by atoms with E-state index < -0.39 is 5.60 Å². The summed E-state index contributed by atoms with van der Waals surface area (Å²) in [7, 11) is 0. The summed E-state index contributed by atoms with van der Waals surface area (Å²) in [6.45, 7) is 10.1. The molecule has 0 aliphatic carbocycles. The molecule has 0 amide bonds. The third-order valence-electron chi connectivity index (χ3n) is 3.82. The number of hydrogen-bond donors (Lipinski definition) is 1. The lowest BCUT2D eigenvalue weighted by Crippen LogP contribution is -2.25. The van der Waals surface area contributed by atoms with Gasteiger partial charge in [0.25, 0.3) is 0 Å². The van der Waals surface area contributed by atoms with Crippen molar-refractivity contribution in [1.29, 1.82) is 0 Å². The van der Waals surface area contributed by atoms with Crippen molar-refractivity contribution >= 4 is 0 Å². The highest BCUT2D eigenvalue weighted by atomic mass is 16.3. The molecule has 1 atom stereocenters. The van der Waals surface area contributed by atoms with Gasteiger partial charge in [-0.3, -0.25) is 0 Å². The quantitative estimate of drug-likeness (QED) is 0.852. The lowest BCUT2D eigenvalue weighted by atomic mass is 9.82. The summed E-state index contributed by atoms with van der Waals surface area (Å²) in [5.74, 6) is 0. The Labute approximate surface area is 115 Å². The number of aryl methyl sites for hydroxylation is 4. The predicted molar refractivity (Wildman–Crippen MR) is 80.5 cm³/mol. The van der Waals surface area contributed by atoms with Crippen molar-refractivity contribution in [1.82, 2.24) is 0 Å². The third-order valence-corrected chi connectivity index (χ3v) is 3.82. The van der Waals surface area contributed by atoms with E-state index in [1.807, 2.05) is 19.9 Å². The van der Waals surface area contributed by atoms with Crippen LogP contribution in [-0.2, 0) is 5.60 Å². The van der Waals surface area contributed by atoms with Gasteiger partial charge in [0.1, 0.15) is 5.60 Å². The van der Waals surface area contributed by atoms with Gasteiger partial charge < -0.3 is 5.11 Å². The first kappa shape index (κ1) is 13.8. The van der Waals surface area contributed by atoms with Crippen LogP contribution >= 0.6 is 0 Å². The summed E-state index contributed by atoms with van der Waals surface area (Å²) in [5, 5.41) is 11.0. The summed E-state index contributed by atoms with van der Waals surface area (Å²) in [6.07, 6.45) is 0. The van der Waals surface area contributed by atoms with Crippen molar-refractivity contribution in [2.75, 3.05) is 0 Å². The fraction of sp³-hybridized carbons (Fsp3) is 0.333. The van der Waals surface area contributed by atoms with Gasteiger partial charge in [-0.1, -0.05) is 47.5 Å². The Morgan fingerprint density at radius 2 is 1.32 bits per heavy atom. The monoisotopic (exact) mass is 254 g/mol. The van der Waals surface area contributed by atoms with Gasteiger partial charge in [-0.15, -0.1) is 0 Å². The lowest BCUT2D eigenvalue weighted by molar-refractivity contribution is 0.101. The number of hydrogen-bond acceptors (Lipinski definition) is 1. The van der Waals surface area contributed by atoms with E-state index >= 15 is 0 Å². The van der Waals surface area contributed by atoms with E-state index in [0.717, 1.165) is 22.3 Å². The van der Waals surface area contributed by atoms with Gasteiger partial charge >= 0.3 is 0 Å². The van der Waals surface area contributed by atoms with Crippen LogP contribution in [0.15, 0.2) is 36.4 Å². The molecule has 0 heterocycles. The van der Waals surface area contributed by atoms with Gasteiger partial charge in [-0.2, -0.15) is 0 Å². The molecule has 1 N–H and O–H groups in total. The van der Waals surface area contributed by atoms with E-state index in [1.165, 1.54) is 11.1 Å². The van der Waals surface area contributed by atoms with Gasteiger partial charge in [0.05, 0.1) is 0 Å². The Morgan fingerprint density at radius 1 is 0.737 bits per heavy atom. The topological polar surface area (TPSA) is 20.2 Å². The SMILES string of the molecule is Cc1ccc(C(C)(O)c2cc(C)ccc2C)c(C)c1. The molecular weight excluding hydrogens is 232 g/mol. The molecule has 0 bridgehead atoms. The standard InChI is InChI=1S/C18H22O/c1-12-7-9-16(15(4)10-12)18(5,19)17-11-13(2)6-8-14(17)3/h6-11,19H,1-5H3. The summed E-state index contributed by atoms with van der Waals surface area (Å²) >= 11 is 0. The average Bonchev–Trinajstić information content (AvgIpc) is 2.31. The highest BCUT2D eigenvalue weighted by Crippen LogP contribution is 2.34. The summed E-state index contributed by atoms with van der Waals surface area (Å²) in [5.41, 5.74) is 5.66. The highest BCUT2D eigenvalue weighted by Gasteiger charge is 2.28. The minimum Gasteiger partial charge on any atom is -0.381 e. The maximum Gasteiger partial charge on any atom is 0.112 e. The van der Waals surface area contributed by atoms with Gasteiger partial charge in [-0.25, -0.2) is 0 Å². The second kappa shape index (κ2) is 4.82. The fourth-order valence-electron chi connectivity index (χ4n) is 2.77. The normalized spacial score (nSPS) is 14.2. The Kier molecular flexibility index (Phi) is 3.51. The molecule has 0 saturated carbocycles. The maximum absolute atomic E-state index is 11.0. The third kappa shape index (κ3) is 2.57. The molecule has 0 fully saturated rings. The molecule has 1 unspecified atom stereocenters. The zero-order valence-electron chi connectivity index (χ0n) is 12.4. The molecule has 19 heavy (non-hydrogen) atoms. The van der Waals surface area contributed by atoms with Crippen molar-refractivity contribution < 1.29 is 5.11 Å². The van der Waals surface area contributed by atoms with Crippen LogP contribution in [0.2, 0.25) is 0 Å². The minimum absolute atomic E-state index is 0.951. The Bertz CT molecular complexity index is 609. The van der Waals surface area contributed by atoms with Crippen LogP contribution in [0, 0.1) is 27.7 Å². The van der Waals surface area contributed by atoms with Crippen molar-refractivity contribution in [3.05, 3.63) is 69.8 Å². The van der Waals surface area contributed by atoms with E-state index in [4.69, 9.17) is 0 Å². The zero-order valence-corrected chi connectivity index (χ0v) is 12.4. The maximum atomic E-state index is 11.0. The van der Waals surface area contributed by atoms with Crippen molar-refractivity contribution in [3.63, 3.8) is 0 Å². The fourth-order valence-corrected chi connectivity index (χ4v) is 2.77. The molecule has 2 aromatic carbocycles. The minimum atomic E-state index is -0.951. The van der Waals surface area contributed by atoms with Crippen LogP contribution in [-0.4, -0.2) is 5.11 Å². The molecule has 0 spiro atoms. The molecule has 1 nitrogen and oxygen atoms in total. The number of rotatable bonds is 2. The van der Waals surface area contributed by atoms with Crippen LogP contribution < -0.4 is 0 Å². The summed E-state index contributed by atoms with van der Waals surface area (Å²) in [6, 6.07) is 12.4. The van der Waals surface area contributed by atoms with Crippen LogP contribution in [0.25, 0.3) is 0 Å². The molecule has 2 rings (SSSR count). The van der Waals surface area contributed by atoms with Gasteiger partial charge in [0, 0.05) is 0 Å². The molecule has 0 aliphatic rings. The van der Waals surface area contributed by atoms with E-state index in [1.54, 1.807) is 0 Å². The summed E-state index contributed by atoms with van der Waals surface area (Å²) in [4.78, 5) is 0. The highest BCUT2D eigenvalue weighted by molar-refractivity contribution is 5.45. The molecule has 0 radical (unpaired) electrons. The van der Waals surface area contributed by atoms with E-state index in [2.05, 4.69) is 51.1 Å². The predicted octanol–water partition coefficient (Wildman–Crippen LogP) is 4.18. The Morgan fingerprint density at radius 3 is 1.95 bits per heavy atom. The lowest BCUT2D eigenvalue weighted by Gasteiger charge is -2.28. The Balaban J connectivity index is 2.61. The first-order valence-electron chi connectivity index (χ1n) is 6.70. The van der Waals surface area contributed by atoms with Crippen LogP contribution in [0.3, 0.4) is 0 Å². The van der Waals surface area contributed by atoms with Crippen molar-refractivity contribution in [2.24, 2.45) is 0 Å². The molecule has 0 aromatic heterocycles. The smallest absolute Gasteiger partial charge is 0.112 e. The molecule has 2 aromatic rings. The van der Waals surface area contributed by atoms with Crippen LogP contribution in [0.5, 0.6) is 0 Å². The first-order chi connectivity index (χ1) is 8.82. The molecule has 0 aliphatic heterocycles. The second-order valence-electron chi connectivity index (χ2n) is 5.71. The van der Waals surface area contributed by atoms with Gasteiger partial charge in [0.15, 0.2) is 0 Å². The molecule has 100 valence electrons. The zero-order chi connectivity index (χ0) is 14.2. The molecule has 1 heteroatoms. The largest absolute Gasteiger partial charge is 0.381 e. The van der Waals surface area contributed by atoms with Crippen LogP contribution in [0.1, 0.15) is 40.3 Å². The van der Waals surface area contributed by atoms with E-state index in [9.17, 15) is 5.11 Å². The number of aliphatic hydroxyl groups is 1. The van der Waals surface area contributed by atoms with E-state index in [0.29, 0.717) is 0 Å². The van der Waals surface area contributed by atoms with E-state index in [-0.39, 0.29) is 0 Å². The second-order valence-corrected chi connectivity index (χ2v) is 5.71. The first-order valence-corrected chi connectivity index (χ1v) is 6.70. The summed E-state index contributed by atoms with van der Waals surface area (Å²) < 4.78 is 0. The van der Waals surface area contributed by atoms with Gasteiger partial charge in [0.2, 0.25) is 0 Å². The van der Waals surface area contributed by atoms with Crippen molar-refractivity contribution in [3.8, 4) is 0 Å². The number of benzene rings is 2. The van der Waals surface area contributed by atoms with Crippen LogP contribution in [0.4, 0.5) is 0 Å². The Hall–Kier alpha value is -1.60. The van der Waals surface area contributed by atoms with Crippen molar-refractivity contribution in [2.45, 2.75) is 40.2 Å². The van der Waals surface area contributed by atoms with Gasteiger partial charge in [-0.05, 0) is 56.9 Å². The molecular formula is C18H22O.